The number of phenols is 9. The lowest BCUT2D eigenvalue weighted by molar-refractivity contribution is 0.329. The number of fused-ring (bicyclic) bond motifs is 7. The Kier molecular flexibility index (Phi) is 6.33. The van der Waals surface area contributed by atoms with Crippen molar-refractivity contribution in [2.24, 2.45) is 0 Å². The topological polar surface area (TPSA) is 195 Å². The molecule has 1 aromatic heterocycles. The van der Waals surface area contributed by atoms with Crippen molar-refractivity contribution in [1.29, 1.82) is 0 Å². The number of rotatable bonds is 3. The third-order valence-electron chi connectivity index (χ3n) is 9.85. The van der Waals surface area contributed by atoms with Crippen molar-refractivity contribution in [3.63, 3.8) is 0 Å². The third kappa shape index (κ3) is 3.94. The standard InChI is InChI=1S/C42H26O10/c43-33-30(34(44)38(48)35(45)31(33)32-36(46)39(49)41(51)40(50)37(32)47)29-22-12-5-3-10-20(22)27(21-11-4-6-13-23(21)29)24-14-7-15-25-28-19-9-2-1-8-18(19)16-17-26(28)52-42(24)25/h1-17,43-51H. The maximum absolute atomic E-state index is 11.9. The molecule has 9 aromatic rings. The summed E-state index contributed by atoms with van der Waals surface area (Å²) in [6.45, 7) is 0. The molecule has 9 rings (SSSR count). The minimum atomic E-state index is -1.27. The first-order chi connectivity index (χ1) is 25.1. The van der Waals surface area contributed by atoms with Crippen molar-refractivity contribution in [3.05, 3.63) is 103 Å². The lowest BCUT2D eigenvalue weighted by atomic mass is 9.84. The van der Waals surface area contributed by atoms with E-state index in [1.807, 2.05) is 72.8 Å². The number of hydrogen-bond donors (Lipinski definition) is 9. The molecule has 10 heteroatoms. The predicted molar refractivity (Wildman–Crippen MR) is 198 cm³/mol. The molecule has 0 aliphatic rings. The van der Waals surface area contributed by atoms with Crippen LogP contribution in [0.2, 0.25) is 0 Å². The summed E-state index contributed by atoms with van der Waals surface area (Å²) in [4.78, 5) is 0. The lowest BCUT2D eigenvalue weighted by Gasteiger charge is -2.22. The Bertz CT molecular complexity index is 2930. The molecule has 0 aliphatic heterocycles. The lowest BCUT2D eigenvalue weighted by Crippen LogP contribution is -1.94. The van der Waals surface area contributed by atoms with Gasteiger partial charge < -0.3 is 50.4 Å². The molecule has 9 N–H and O–H groups in total. The zero-order valence-corrected chi connectivity index (χ0v) is 26.7. The molecule has 0 fully saturated rings. The van der Waals surface area contributed by atoms with Gasteiger partial charge in [0.05, 0.1) is 16.7 Å². The summed E-state index contributed by atoms with van der Waals surface area (Å²) in [6.07, 6.45) is 0. The van der Waals surface area contributed by atoms with E-state index in [4.69, 9.17) is 4.42 Å². The first kappa shape index (κ1) is 30.6. The molecule has 1 heterocycles. The van der Waals surface area contributed by atoms with Crippen molar-refractivity contribution in [3.8, 4) is 85.1 Å². The monoisotopic (exact) mass is 690 g/mol. The highest BCUT2D eigenvalue weighted by atomic mass is 16.4. The second-order valence-corrected chi connectivity index (χ2v) is 12.5. The molecule has 0 radical (unpaired) electrons. The molecule has 0 saturated heterocycles. The van der Waals surface area contributed by atoms with Gasteiger partial charge in [0.1, 0.15) is 16.9 Å². The molecule has 8 aromatic carbocycles. The van der Waals surface area contributed by atoms with Crippen LogP contribution in [0.1, 0.15) is 0 Å². The molecule has 52 heavy (non-hydrogen) atoms. The van der Waals surface area contributed by atoms with Gasteiger partial charge in [0.15, 0.2) is 23.0 Å². The number of aromatic hydroxyl groups is 9. The summed E-state index contributed by atoms with van der Waals surface area (Å²) < 4.78 is 6.59. The summed E-state index contributed by atoms with van der Waals surface area (Å²) in [6, 6.07) is 32.3. The third-order valence-corrected chi connectivity index (χ3v) is 9.85. The van der Waals surface area contributed by atoms with Crippen LogP contribution in [0.3, 0.4) is 0 Å². The molecule has 0 aliphatic carbocycles. The molecule has 0 unspecified atom stereocenters. The highest BCUT2D eigenvalue weighted by Crippen LogP contribution is 2.63. The van der Waals surface area contributed by atoms with E-state index in [1.165, 1.54) is 0 Å². The molecule has 0 atom stereocenters. The largest absolute Gasteiger partial charge is 0.506 e. The Balaban J connectivity index is 1.42. The molecule has 0 bridgehead atoms. The van der Waals surface area contributed by atoms with Crippen molar-refractivity contribution < 1.29 is 50.4 Å². The van der Waals surface area contributed by atoms with E-state index in [9.17, 15) is 46.0 Å². The van der Waals surface area contributed by atoms with Gasteiger partial charge in [-0.1, -0.05) is 97.1 Å². The Hall–Kier alpha value is -7.46. The smallest absolute Gasteiger partial charge is 0.208 e. The van der Waals surface area contributed by atoms with E-state index >= 15 is 0 Å². The summed E-state index contributed by atoms with van der Waals surface area (Å²) in [5, 5.41) is 104. The van der Waals surface area contributed by atoms with Crippen LogP contribution < -0.4 is 0 Å². The van der Waals surface area contributed by atoms with E-state index < -0.39 is 68.4 Å². The highest BCUT2D eigenvalue weighted by molar-refractivity contribution is 6.27. The molecule has 10 nitrogen and oxygen atoms in total. The van der Waals surface area contributed by atoms with Crippen molar-refractivity contribution >= 4 is 54.3 Å². The number of furan rings is 1. The average molecular weight is 691 g/mol. The second kappa shape index (κ2) is 10.8. The maximum atomic E-state index is 11.9. The summed E-state index contributed by atoms with van der Waals surface area (Å²) >= 11 is 0. The molecule has 0 amide bonds. The van der Waals surface area contributed by atoms with Gasteiger partial charge in [0.2, 0.25) is 23.0 Å². The average Bonchev–Trinajstić information content (AvgIpc) is 3.56. The molecular formula is C42H26O10. The summed E-state index contributed by atoms with van der Waals surface area (Å²) in [5.74, 6) is -10.5. The fourth-order valence-electron chi connectivity index (χ4n) is 7.55. The van der Waals surface area contributed by atoms with Crippen LogP contribution in [0, 0.1) is 0 Å². The quantitative estimate of drug-likeness (QED) is 0.0489. The summed E-state index contributed by atoms with van der Waals surface area (Å²) in [5.41, 5.74) is 0.936. The van der Waals surface area contributed by atoms with E-state index in [-0.39, 0.29) is 5.56 Å². The maximum Gasteiger partial charge on any atom is 0.208 e. The van der Waals surface area contributed by atoms with Gasteiger partial charge in [-0.2, -0.15) is 0 Å². The minimum Gasteiger partial charge on any atom is -0.506 e. The highest BCUT2D eigenvalue weighted by Gasteiger charge is 2.34. The predicted octanol–water partition coefficient (Wildman–Crippen LogP) is 9.40. The summed E-state index contributed by atoms with van der Waals surface area (Å²) in [7, 11) is 0. The van der Waals surface area contributed by atoms with Crippen LogP contribution in [-0.4, -0.2) is 46.0 Å². The van der Waals surface area contributed by atoms with Crippen LogP contribution in [0.25, 0.3) is 87.6 Å². The van der Waals surface area contributed by atoms with Gasteiger partial charge in [0, 0.05) is 27.5 Å². The van der Waals surface area contributed by atoms with E-state index in [1.54, 1.807) is 24.3 Å². The van der Waals surface area contributed by atoms with Crippen LogP contribution in [-0.2, 0) is 0 Å². The molecule has 254 valence electrons. The van der Waals surface area contributed by atoms with Gasteiger partial charge >= 0.3 is 0 Å². The number of hydrogen-bond acceptors (Lipinski definition) is 10. The first-order valence-corrected chi connectivity index (χ1v) is 16.1. The van der Waals surface area contributed by atoms with Gasteiger partial charge in [0.25, 0.3) is 0 Å². The van der Waals surface area contributed by atoms with Crippen molar-refractivity contribution in [2.75, 3.05) is 0 Å². The van der Waals surface area contributed by atoms with Gasteiger partial charge in [-0.05, 0) is 38.4 Å². The van der Waals surface area contributed by atoms with Gasteiger partial charge in [-0.3, -0.25) is 0 Å². The Morgan fingerprint density at radius 3 is 1.31 bits per heavy atom. The molecular weight excluding hydrogens is 664 g/mol. The first-order valence-electron chi connectivity index (χ1n) is 16.1. The van der Waals surface area contributed by atoms with E-state index in [0.717, 1.165) is 32.7 Å². The van der Waals surface area contributed by atoms with Crippen molar-refractivity contribution in [1.82, 2.24) is 0 Å². The minimum absolute atomic E-state index is 0.204. The zero-order valence-electron chi connectivity index (χ0n) is 26.7. The van der Waals surface area contributed by atoms with Crippen LogP contribution in [0.5, 0.6) is 51.7 Å². The number of phenolic OH excluding ortho intramolecular Hbond substituents is 9. The van der Waals surface area contributed by atoms with Crippen molar-refractivity contribution in [2.45, 2.75) is 0 Å². The normalized spacial score (nSPS) is 11.8. The van der Waals surface area contributed by atoms with Crippen LogP contribution >= 0.6 is 0 Å². The second-order valence-electron chi connectivity index (χ2n) is 12.5. The van der Waals surface area contributed by atoms with E-state index in [2.05, 4.69) is 6.07 Å². The van der Waals surface area contributed by atoms with Crippen LogP contribution in [0.15, 0.2) is 108 Å². The fourth-order valence-corrected chi connectivity index (χ4v) is 7.55. The SMILES string of the molecule is Oc1c(O)c(O)c(-c2c(O)c(O)c(O)c(-c3c4ccccc4c(-c4cccc5c4oc4ccc6ccccc6c45)c4ccccc34)c2O)c(O)c1O. The molecule has 0 spiro atoms. The van der Waals surface area contributed by atoms with Crippen LogP contribution in [0.4, 0.5) is 0 Å². The zero-order chi connectivity index (χ0) is 36.2. The Labute approximate surface area is 292 Å². The Morgan fingerprint density at radius 1 is 0.308 bits per heavy atom. The Morgan fingerprint density at radius 2 is 0.731 bits per heavy atom. The van der Waals surface area contributed by atoms with E-state index in [0.29, 0.717) is 32.7 Å². The number of para-hydroxylation sites is 1. The van der Waals surface area contributed by atoms with Gasteiger partial charge in [-0.25, -0.2) is 0 Å². The van der Waals surface area contributed by atoms with Gasteiger partial charge in [-0.15, -0.1) is 0 Å². The molecule has 0 saturated carbocycles. The fraction of sp³-hybridized carbons (Fsp3) is 0. The number of benzene rings is 8.